The largest absolute Gasteiger partial charge is 0.462 e. The molecule has 0 aromatic heterocycles. The number of unbranched alkanes of at least 4 members (excludes halogenated alkanes) is 26. The average Bonchev–Trinajstić information content (AvgIpc) is 3.11. The van der Waals surface area contributed by atoms with E-state index >= 15 is 0 Å². The average molecular weight is 707 g/mol. The van der Waals surface area contributed by atoms with Crippen molar-refractivity contribution in [1.82, 2.24) is 0 Å². The lowest BCUT2D eigenvalue weighted by Crippen LogP contribution is -2.30. The quantitative estimate of drug-likeness (QED) is 0.0274. The Morgan fingerprint density at radius 2 is 0.660 bits per heavy atom. The van der Waals surface area contributed by atoms with E-state index in [1.807, 2.05) is 0 Å². The van der Waals surface area contributed by atoms with Crippen molar-refractivity contribution < 1.29 is 28.6 Å². The molecule has 294 valence electrons. The summed E-state index contributed by atoms with van der Waals surface area (Å²) in [5, 5.41) is 0. The van der Waals surface area contributed by atoms with Crippen LogP contribution in [0.5, 0.6) is 0 Å². The molecule has 0 aromatic carbocycles. The highest BCUT2D eigenvalue weighted by Crippen LogP contribution is 2.14. The number of allylic oxidation sites excluding steroid dienone is 2. The Balaban J connectivity index is 4.35. The third kappa shape index (κ3) is 37.4. The maximum atomic E-state index is 12.6. The van der Waals surface area contributed by atoms with Crippen molar-refractivity contribution in [2.75, 3.05) is 13.2 Å². The van der Waals surface area contributed by atoms with Gasteiger partial charge >= 0.3 is 17.9 Å². The van der Waals surface area contributed by atoms with Crippen molar-refractivity contribution in [2.45, 2.75) is 239 Å². The maximum Gasteiger partial charge on any atom is 0.306 e. The molecule has 0 saturated carbocycles. The maximum absolute atomic E-state index is 12.6. The zero-order valence-corrected chi connectivity index (χ0v) is 33.4. The number of rotatable bonds is 39. The van der Waals surface area contributed by atoms with E-state index < -0.39 is 6.10 Å². The number of carbonyl (C=O) groups is 3. The lowest BCUT2D eigenvalue weighted by atomic mass is 10.1. The SMILES string of the molecule is CCCCC/C=C\CCCCCCCC(=O)OC[C@@H](COC(=O)CCCCCCCCCCC)OC(=O)CCCCCCCCCCCCC. The molecule has 0 bridgehead atoms. The lowest BCUT2D eigenvalue weighted by molar-refractivity contribution is -0.167. The lowest BCUT2D eigenvalue weighted by Gasteiger charge is -2.18. The normalized spacial score (nSPS) is 12.0. The number of carbonyl (C=O) groups excluding carboxylic acids is 3. The Morgan fingerprint density at radius 1 is 0.380 bits per heavy atom. The summed E-state index contributed by atoms with van der Waals surface area (Å²) in [4.78, 5) is 37.5. The van der Waals surface area contributed by atoms with Crippen molar-refractivity contribution >= 4 is 17.9 Å². The first-order chi connectivity index (χ1) is 24.5. The highest BCUT2D eigenvalue weighted by molar-refractivity contribution is 5.71. The number of ether oxygens (including phenoxy) is 3. The molecule has 0 heterocycles. The van der Waals surface area contributed by atoms with Crippen LogP contribution >= 0.6 is 0 Å². The smallest absolute Gasteiger partial charge is 0.306 e. The number of hydrogen-bond acceptors (Lipinski definition) is 6. The first-order valence-corrected chi connectivity index (χ1v) is 21.7. The predicted molar refractivity (Wildman–Crippen MR) is 210 cm³/mol. The van der Waals surface area contributed by atoms with Gasteiger partial charge in [0, 0.05) is 19.3 Å². The molecule has 0 aliphatic heterocycles. The van der Waals surface area contributed by atoms with Crippen molar-refractivity contribution in [2.24, 2.45) is 0 Å². The zero-order chi connectivity index (χ0) is 36.6. The molecular formula is C44H82O6. The van der Waals surface area contributed by atoms with E-state index in [9.17, 15) is 14.4 Å². The summed E-state index contributed by atoms with van der Waals surface area (Å²) in [7, 11) is 0. The van der Waals surface area contributed by atoms with Gasteiger partial charge in [0.15, 0.2) is 6.10 Å². The second-order valence-electron chi connectivity index (χ2n) is 14.6. The fourth-order valence-electron chi connectivity index (χ4n) is 6.20. The summed E-state index contributed by atoms with van der Waals surface area (Å²) in [5.74, 6) is -0.877. The first kappa shape index (κ1) is 48.1. The fourth-order valence-corrected chi connectivity index (χ4v) is 6.20. The van der Waals surface area contributed by atoms with E-state index in [1.54, 1.807) is 0 Å². The van der Waals surface area contributed by atoms with E-state index in [2.05, 4.69) is 32.9 Å². The van der Waals surface area contributed by atoms with Gasteiger partial charge in [-0.2, -0.15) is 0 Å². The van der Waals surface area contributed by atoms with Crippen molar-refractivity contribution in [3.63, 3.8) is 0 Å². The molecule has 0 radical (unpaired) electrons. The van der Waals surface area contributed by atoms with Gasteiger partial charge < -0.3 is 14.2 Å². The molecule has 1 atom stereocenters. The van der Waals surface area contributed by atoms with Gasteiger partial charge in [0.25, 0.3) is 0 Å². The Labute approximate surface area is 310 Å². The van der Waals surface area contributed by atoms with Crippen LogP contribution in [0, 0.1) is 0 Å². The molecule has 6 heteroatoms. The molecular weight excluding hydrogens is 624 g/mol. The summed E-state index contributed by atoms with van der Waals surface area (Å²) in [6.45, 7) is 6.58. The van der Waals surface area contributed by atoms with Crippen LogP contribution in [0.1, 0.15) is 233 Å². The molecule has 6 nitrogen and oxygen atoms in total. The third-order valence-electron chi connectivity index (χ3n) is 9.52. The summed E-state index contributed by atoms with van der Waals surface area (Å²) in [5.41, 5.74) is 0. The number of esters is 3. The second kappa shape index (κ2) is 39.9. The Hall–Kier alpha value is -1.85. The Kier molecular flexibility index (Phi) is 38.5. The molecule has 0 aromatic rings. The van der Waals surface area contributed by atoms with E-state index in [1.165, 1.54) is 128 Å². The Morgan fingerprint density at radius 3 is 1.04 bits per heavy atom. The van der Waals surface area contributed by atoms with E-state index in [0.717, 1.165) is 64.2 Å². The molecule has 0 aliphatic carbocycles. The van der Waals surface area contributed by atoms with Gasteiger partial charge in [0.05, 0.1) is 0 Å². The minimum atomic E-state index is -0.763. The first-order valence-electron chi connectivity index (χ1n) is 21.7. The third-order valence-corrected chi connectivity index (χ3v) is 9.52. The van der Waals surface area contributed by atoms with Crippen LogP contribution in [-0.2, 0) is 28.6 Å². The second-order valence-corrected chi connectivity index (χ2v) is 14.6. The van der Waals surface area contributed by atoms with Gasteiger partial charge in [0.2, 0.25) is 0 Å². The van der Waals surface area contributed by atoms with Gasteiger partial charge in [-0.15, -0.1) is 0 Å². The zero-order valence-electron chi connectivity index (χ0n) is 33.4. The Bertz CT molecular complexity index is 778. The molecule has 0 saturated heterocycles. The molecule has 0 spiro atoms. The minimum Gasteiger partial charge on any atom is -0.462 e. The number of hydrogen-bond donors (Lipinski definition) is 0. The van der Waals surface area contributed by atoms with Gasteiger partial charge in [-0.25, -0.2) is 0 Å². The molecule has 0 rings (SSSR count). The molecule has 0 fully saturated rings. The van der Waals surface area contributed by atoms with Crippen LogP contribution in [-0.4, -0.2) is 37.2 Å². The molecule has 0 N–H and O–H groups in total. The topological polar surface area (TPSA) is 78.9 Å². The van der Waals surface area contributed by atoms with Crippen LogP contribution in [0.3, 0.4) is 0 Å². The monoisotopic (exact) mass is 707 g/mol. The van der Waals surface area contributed by atoms with Crippen LogP contribution < -0.4 is 0 Å². The minimum absolute atomic E-state index is 0.0689. The van der Waals surface area contributed by atoms with Crippen molar-refractivity contribution in [3.05, 3.63) is 12.2 Å². The summed E-state index contributed by atoms with van der Waals surface area (Å²) >= 11 is 0. The van der Waals surface area contributed by atoms with Crippen LogP contribution in [0.25, 0.3) is 0 Å². The standard InChI is InChI=1S/C44H82O6/c1-4-7-10-13-16-19-21-23-25-28-31-34-37-43(46)49-40-41(39-48-42(45)36-33-30-27-24-18-15-12-9-6-3)50-44(47)38-35-32-29-26-22-20-17-14-11-8-5-2/h16,19,41H,4-15,17-18,20-40H2,1-3H3/b19-16-/t41-/m1/s1. The summed E-state index contributed by atoms with van der Waals surface area (Å²) in [6, 6.07) is 0. The van der Waals surface area contributed by atoms with Gasteiger partial charge in [-0.1, -0.05) is 181 Å². The van der Waals surface area contributed by atoms with E-state index in [4.69, 9.17) is 14.2 Å². The highest BCUT2D eigenvalue weighted by atomic mass is 16.6. The molecule has 50 heavy (non-hydrogen) atoms. The van der Waals surface area contributed by atoms with Crippen LogP contribution in [0.15, 0.2) is 12.2 Å². The fraction of sp³-hybridized carbons (Fsp3) is 0.886. The predicted octanol–water partition coefficient (Wildman–Crippen LogP) is 13.5. The van der Waals surface area contributed by atoms with Gasteiger partial charge in [-0.3, -0.25) is 14.4 Å². The van der Waals surface area contributed by atoms with Crippen LogP contribution in [0.4, 0.5) is 0 Å². The molecule has 0 unspecified atom stereocenters. The molecule has 0 aliphatic rings. The van der Waals surface area contributed by atoms with Crippen molar-refractivity contribution in [3.8, 4) is 0 Å². The van der Waals surface area contributed by atoms with E-state index in [0.29, 0.717) is 19.3 Å². The molecule has 0 amide bonds. The highest BCUT2D eigenvalue weighted by Gasteiger charge is 2.19. The summed E-state index contributed by atoms with van der Waals surface area (Å²) < 4.78 is 16.6. The van der Waals surface area contributed by atoms with Crippen molar-refractivity contribution in [1.29, 1.82) is 0 Å². The van der Waals surface area contributed by atoms with E-state index in [-0.39, 0.29) is 31.1 Å². The van der Waals surface area contributed by atoms with Crippen LogP contribution in [0.2, 0.25) is 0 Å². The van der Waals surface area contributed by atoms with Gasteiger partial charge in [0.1, 0.15) is 13.2 Å². The van der Waals surface area contributed by atoms with Gasteiger partial charge in [-0.05, 0) is 44.9 Å². The summed E-state index contributed by atoms with van der Waals surface area (Å²) in [6.07, 6.45) is 40.5.